The molecule has 2 aliphatic rings. The Bertz CT molecular complexity index is 310. The van der Waals surface area contributed by atoms with Crippen molar-refractivity contribution < 1.29 is 9.53 Å². The minimum absolute atomic E-state index is 0.0800. The van der Waals surface area contributed by atoms with E-state index >= 15 is 0 Å². The van der Waals surface area contributed by atoms with E-state index in [0.717, 1.165) is 18.5 Å². The van der Waals surface area contributed by atoms with Gasteiger partial charge in [-0.1, -0.05) is 12.2 Å². The molecule has 0 bridgehead atoms. The lowest BCUT2D eigenvalue weighted by atomic mass is 10.1. The normalized spacial score (nSPS) is 27.5. The van der Waals surface area contributed by atoms with Gasteiger partial charge in [0.1, 0.15) is 6.61 Å². The minimum atomic E-state index is 0.0800. The topological polar surface area (TPSA) is 55.6 Å². The van der Waals surface area contributed by atoms with E-state index in [2.05, 4.69) is 0 Å². The molecule has 0 spiro atoms. The van der Waals surface area contributed by atoms with Crippen LogP contribution in [0.5, 0.6) is 0 Å². The van der Waals surface area contributed by atoms with Gasteiger partial charge >= 0.3 is 0 Å². The summed E-state index contributed by atoms with van der Waals surface area (Å²) < 4.78 is 5.10. The van der Waals surface area contributed by atoms with Crippen LogP contribution in [0.2, 0.25) is 0 Å². The molecule has 4 heteroatoms. The summed E-state index contributed by atoms with van der Waals surface area (Å²) >= 11 is 0. The fourth-order valence-corrected chi connectivity index (χ4v) is 1.95. The number of hydrogen-bond donors (Lipinski definition) is 1. The van der Waals surface area contributed by atoms with E-state index in [1.165, 1.54) is 0 Å². The first-order chi connectivity index (χ1) is 7.27. The smallest absolute Gasteiger partial charge is 0.249 e. The molecule has 4 nitrogen and oxygen atoms in total. The first kappa shape index (κ1) is 10.2. The maximum atomic E-state index is 11.6. The third-order valence-electron chi connectivity index (χ3n) is 2.78. The van der Waals surface area contributed by atoms with E-state index in [-0.39, 0.29) is 18.6 Å². The number of amides is 1. The van der Waals surface area contributed by atoms with Crippen LogP contribution < -0.4 is 5.73 Å². The summed E-state index contributed by atoms with van der Waals surface area (Å²) in [5.74, 6) is 0.0800. The molecule has 2 N–H and O–H groups in total. The lowest BCUT2D eigenvalue weighted by molar-refractivity contribution is -0.144. The number of carbonyl (C=O) groups is 1. The highest BCUT2D eigenvalue weighted by Gasteiger charge is 2.24. The Morgan fingerprint density at radius 2 is 2.40 bits per heavy atom. The molecule has 0 radical (unpaired) electrons. The second-order valence-corrected chi connectivity index (χ2v) is 3.85. The average Bonchev–Trinajstić information content (AvgIpc) is 2.44. The molecule has 15 heavy (non-hydrogen) atoms. The Labute approximate surface area is 89.4 Å². The van der Waals surface area contributed by atoms with Crippen molar-refractivity contribution in [3.63, 3.8) is 0 Å². The van der Waals surface area contributed by atoms with Crippen molar-refractivity contribution in [1.29, 1.82) is 0 Å². The summed E-state index contributed by atoms with van der Waals surface area (Å²) in [6.07, 6.45) is 7.78. The molecule has 1 aliphatic heterocycles. The number of allylic oxidation sites excluding steroid dienone is 2. The van der Waals surface area contributed by atoms with E-state index < -0.39 is 0 Å². The number of carbonyl (C=O) groups excluding carboxylic acids is 1. The maximum absolute atomic E-state index is 11.6. The molecule has 0 saturated carbocycles. The fourth-order valence-electron chi connectivity index (χ4n) is 1.95. The van der Waals surface area contributed by atoms with Crippen molar-refractivity contribution in [3.05, 3.63) is 23.9 Å². The summed E-state index contributed by atoms with van der Waals surface area (Å²) in [7, 11) is 0. The number of nitrogens with zero attached hydrogens (tertiary/aromatic N) is 1. The van der Waals surface area contributed by atoms with Crippen LogP contribution >= 0.6 is 0 Å². The van der Waals surface area contributed by atoms with Crippen molar-refractivity contribution in [2.24, 2.45) is 5.73 Å². The van der Waals surface area contributed by atoms with E-state index in [0.29, 0.717) is 13.2 Å². The van der Waals surface area contributed by atoms with Crippen molar-refractivity contribution >= 4 is 5.91 Å². The SMILES string of the molecule is NC1=CCCC(N2CCOCC2=O)C=C1. The van der Waals surface area contributed by atoms with Crippen molar-refractivity contribution in [3.8, 4) is 0 Å². The summed E-state index contributed by atoms with van der Waals surface area (Å²) in [5, 5.41) is 0. The Kier molecular flexibility index (Phi) is 3.06. The van der Waals surface area contributed by atoms with Crippen LogP contribution in [0.4, 0.5) is 0 Å². The Morgan fingerprint density at radius 1 is 1.53 bits per heavy atom. The second kappa shape index (κ2) is 4.49. The highest BCUT2D eigenvalue weighted by Crippen LogP contribution is 2.16. The molecule has 1 saturated heterocycles. The lowest BCUT2D eigenvalue weighted by Gasteiger charge is -2.32. The first-order valence-corrected chi connectivity index (χ1v) is 5.28. The molecule has 1 unspecified atom stereocenters. The molecule has 0 aromatic rings. The standard InChI is InChI=1S/C11H16N2O2/c12-9-2-1-3-10(5-4-9)13-6-7-15-8-11(13)14/h2,4-5,10H,1,3,6-8,12H2. The molecule has 0 aromatic heterocycles. The van der Waals surface area contributed by atoms with Crippen LogP contribution in [-0.2, 0) is 9.53 Å². The molecule has 2 rings (SSSR count). The van der Waals surface area contributed by atoms with E-state index in [1.54, 1.807) is 0 Å². The van der Waals surface area contributed by atoms with Crippen molar-refractivity contribution in [2.45, 2.75) is 18.9 Å². The third kappa shape index (κ3) is 2.39. The molecular weight excluding hydrogens is 192 g/mol. The zero-order valence-corrected chi connectivity index (χ0v) is 8.69. The van der Waals surface area contributed by atoms with E-state index in [9.17, 15) is 4.79 Å². The zero-order chi connectivity index (χ0) is 10.7. The Morgan fingerprint density at radius 3 is 3.20 bits per heavy atom. The predicted octanol–water partition coefficient (Wildman–Crippen LogP) is 0.406. The zero-order valence-electron chi connectivity index (χ0n) is 8.69. The molecular formula is C11H16N2O2. The van der Waals surface area contributed by atoms with Gasteiger partial charge < -0.3 is 15.4 Å². The fraction of sp³-hybridized carbons (Fsp3) is 0.545. The van der Waals surface area contributed by atoms with E-state index in [1.807, 2.05) is 23.1 Å². The predicted molar refractivity (Wildman–Crippen MR) is 57.0 cm³/mol. The Hall–Kier alpha value is -1.29. The lowest BCUT2D eigenvalue weighted by Crippen LogP contribution is -2.46. The van der Waals surface area contributed by atoms with Crippen LogP contribution in [0.15, 0.2) is 23.9 Å². The molecule has 1 fully saturated rings. The summed E-state index contributed by atoms with van der Waals surface area (Å²) in [5.41, 5.74) is 6.50. The van der Waals surface area contributed by atoms with Gasteiger partial charge in [0.2, 0.25) is 5.91 Å². The maximum Gasteiger partial charge on any atom is 0.249 e. The molecule has 1 amide bonds. The largest absolute Gasteiger partial charge is 0.399 e. The van der Waals surface area contributed by atoms with Gasteiger partial charge in [-0.15, -0.1) is 0 Å². The summed E-state index contributed by atoms with van der Waals surface area (Å²) in [6, 6.07) is 0.179. The summed E-state index contributed by atoms with van der Waals surface area (Å²) in [4.78, 5) is 13.5. The van der Waals surface area contributed by atoms with Crippen LogP contribution in [0, 0.1) is 0 Å². The monoisotopic (exact) mass is 208 g/mol. The van der Waals surface area contributed by atoms with E-state index in [4.69, 9.17) is 10.5 Å². The number of nitrogens with two attached hydrogens (primary N) is 1. The second-order valence-electron chi connectivity index (χ2n) is 3.85. The quantitative estimate of drug-likeness (QED) is 0.679. The van der Waals surface area contributed by atoms with Crippen LogP contribution in [0.3, 0.4) is 0 Å². The van der Waals surface area contributed by atoms with Gasteiger partial charge in [-0.05, 0) is 18.9 Å². The average molecular weight is 208 g/mol. The van der Waals surface area contributed by atoms with Gasteiger partial charge in [0.15, 0.2) is 0 Å². The third-order valence-corrected chi connectivity index (χ3v) is 2.78. The molecule has 1 heterocycles. The number of ether oxygens (including phenoxy) is 1. The van der Waals surface area contributed by atoms with Crippen molar-refractivity contribution in [1.82, 2.24) is 4.90 Å². The van der Waals surface area contributed by atoms with Gasteiger partial charge in [-0.3, -0.25) is 4.79 Å². The molecule has 82 valence electrons. The summed E-state index contributed by atoms with van der Waals surface area (Å²) in [6.45, 7) is 1.54. The van der Waals surface area contributed by atoms with Gasteiger partial charge in [0.25, 0.3) is 0 Å². The number of morpholine rings is 1. The van der Waals surface area contributed by atoms with Gasteiger partial charge in [0.05, 0.1) is 12.6 Å². The molecule has 0 aromatic carbocycles. The highest BCUT2D eigenvalue weighted by atomic mass is 16.5. The van der Waals surface area contributed by atoms with Gasteiger partial charge in [-0.25, -0.2) is 0 Å². The highest BCUT2D eigenvalue weighted by molar-refractivity contribution is 5.78. The van der Waals surface area contributed by atoms with Gasteiger partial charge in [0, 0.05) is 12.2 Å². The molecule has 1 atom stereocenters. The Balaban J connectivity index is 2.04. The number of hydrogen-bond acceptors (Lipinski definition) is 3. The van der Waals surface area contributed by atoms with Crippen LogP contribution in [-0.4, -0.2) is 36.6 Å². The first-order valence-electron chi connectivity index (χ1n) is 5.28. The molecule has 1 aliphatic carbocycles. The minimum Gasteiger partial charge on any atom is -0.399 e. The number of rotatable bonds is 1. The van der Waals surface area contributed by atoms with Crippen LogP contribution in [0.1, 0.15) is 12.8 Å². The van der Waals surface area contributed by atoms with Crippen molar-refractivity contribution in [2.75, 3.05) is 19.8 Å². The van der Waals surface area contributed by atoms with Crippen LogP contribution in [0.25, 0.3) is 0 Å². The van der Waals surface area contributed by atoms with Gasteiger partial charge in [-0.2, -0.15) is 0 Å².